The van der Waals surface area contributed by atoms with Gasteiger partial charge in [-0.05, 0) is 18.6 Å². The lowest BCUT2D eigenvalue weighted by atomic mass is 9.99. The van der Waals surface area contributed by atoms with E-state index in [-0.39, 0.29) is 11.7 Å². The van der Waals surface area contributed by atoms with Crippen LogP contribution in [0.4, 0.5) is 0 Å². The average molecular weight is 164 g/mol. The van der Waals surface area contributed by atoms with Crippen molar-refractivity contribution in [3.8, 4) is 0 Å². The van der Waals surface area contributed by atoms with Crippen LogP contribution in [0.2, 0.25) is 0 Å². The van der Waals surface area contributed by atoms with Gasteiger partial charge >= 0.3 is 0 Å². The van der Waals surface area contributed by atoms with E-state index >= 15 is 0 Å². The van der Waals surface area contributed by atoms with Gasteiger partial charge in [-0.25, -0.2) is 0 Å². The normalized spacial score (nSPS) is 23.8. The molecular weight excluding hydrogens is 152 g/mol. The Balaban J connectivity index is 2.43. The maximum Gasteiger partial charge on any atom is 0.156 e. The maximum atomic E-state index is 10.8. The third-order valence-electron chi connectivity index (χ3n) is 1.96. The second-order valence-corrected chi connectivity index (χ2v) is 2.90. The van der Waals surface area contributed by atoms with Crippen molar-refractivity contribution >= 4 is 5.78 Å². The van der Waals surface area contributed by atoms with Gasteiger partial charge in [-0.1, -0.05) is 12.7 Å². The molecule has 2 atom stereocenters. The van der Waals surface area contributed by atoms with Crippen molar-refractivity contribution in [2.75, 3.05) is 0 Å². The average Bonchev–Trinajstić information content (AvgIpc) is 2.47. The first-order valence-corrected chi connectivity index (χ1v) is 3.97. The number of ketones is 1. The van der Waals surface area contributed by atoms with E-state index in [1.165, 1.54) is 6.08 Å². The van der Waals surface area contributed by atoms with Crippen LogP contribution >= 0.6 is 0 Å². The molecular formula is C10H12O2. The van der Waals surface area contributed by atoms with E-state index in [1.54, 1.807) is 12.2 Å². The van der Waals surface area contributed by atoms with Crippen molar-refractivity contribution in [2.24, 2.45) is 5.92 Å². The first-order chi connectivity index (χ1) is 5.74. The Morgan fingerprint density at radius 2 is 2.67 bits per heavy atom. The van der Waals surface area contributed by atoms with Crippen LogP contribution in [-0.2, 0) is 4.79 Å². The molecule has 1 aliphatic carbocycles. The highest BCUT2D eigenvalue weighted by atomic mass is 16.3. The molecule has 2 unspecified atom stereocenters. The Morgan fingerprint density at radius 3 is 3.17 bits per heavy atom. The Bertz CT molecular complexity index is 247. The fraction of sp³-hybridized carbons (Fsp3) is 0.400. The second-order valence-electron chi connectivity index (χ2n) is 2.90. The predicted molar refractivity (Wildman–Crippen MR) is 46.6 cm³/mol. The van der Waals surface area contributed by atoms with E-state index in [2.05, 4.69) is 12.3 Å². The molecule has 0 aromatic carbocycles. The molecule has 12 heavy (non-hydrogen) atoms. The fourth-order valence-electron chi connectivity index (χ4n) is 1.24. The van der Waals surface area contributed by atoms with Crippen molar-refractivity contribution < 1.29 is 9.90 Å². The Labute approximate surface area is 71.9 Å². The summed E-state index contributed by atoms with van der Waals surface area (Å²) in [4.78, 5) is 10.8. The highest BCUT2D eigenvalue weighted by Gasteiger charge is 2.22. The van der Waals surface area contributed by atoms with Crippen LogP contribution in [0.5, 0.6) is 0 Å². The van der Waals surface area contributed by atoms with Gasteiger partial charge in [0.1, 0.15) is 0 Å². The Hall–Kier alpha value is -1.11. The second kappa shape index (κ2) is 4.05. The minimum atomic E-state index is -0.470. The molecule has 0 aliphatic heterocycles. The highest BCUT2D eigenvalue weighted by molar-refractivity contribution is 5.92. The van der Waals surface area contributed by atoms with Gasteiger partial charge in [0.05, 0.1) is 6.10 Å². The fourth-order valence-corrected chi connectivity index (χ4v) is 1.24. The van der Waals surface area contributed by atoms with Crippen molar-refractivity contribution in [1.29, 1.82) is 0 Å². The lowest BCUT2D eigenvalue weighted by molar-refractivity contribution is -0.115. The topological polar surface area (TPSA) is 37.3 Å². The van der Waals surface area contributed by atoms with Crippen LogP contribution in [0.15, 0.2) is 30.5 Å². The van der Waals surface area contributed by atoms with Crippen LogP contribution in [0.25, 0.3) is 0 Å². The van der Waals surface area contributed by atoms with Gasteiger partial charge in [0.25, 0.3) is 0 Å². The van der Waals surface area contributed by atoms with Crippen molar-refractivity contribution in [1.82, 2.24) is 0 Å². The number of carbonyl (C=O) groups excluding carboxylic acids is 1. The lowest BCUT2D eigenvalue weighted by Gasteiger charge is -2.12. The van der Waals surface area contributed by atoms with E-state index < -0.39 is 6.10 Å². The van der Waals surface area contributed by atoms with Crippen LogP contribution in [-0.4, -0.2) is 17.0 Å². The molecule has 1 rings (SSSR count). The zero-order valence-corrected chi connectivity index (χ0v) is 6.86. The monoisotopic (exact) mass is 164 g/mol. The summed E-state index contributed by atoms with van der Waals surface area (Å²) < 4.78 is 0. The van der Waals surface area contributed by atoms with E-state index in [0.29, 0.717) is 12.8 Å². The standard InChI is InChI=1S/C10H12O2/c1-2-3-4-10(12)8-5-6-9(11)7-8/h3,5-6,8,10,12H,1,4,7H2. The molecule has 0 aromatic heterocycles. The third kappa shape index (κ3) is 2.19. The molecule has 1 aliphatic rings. The van der Waals surface area contributed by atoms with Gasteiger partial charge in [-0.3, -0.25) is 4.79 Å². The smallest absolute Gasteiger partial charge is 0.156 e. The molecule has 0 saturated heterocycles. The van der Waals surface area contributed by atoms with E-state index in [0.717, 1.165) is 0 Å². The molecule has 0 aromatic rings. The number of aliphatic hydroxyl groups excluding tert-OH is 1. The quantitative estimate of drug-likeness (QED) is 0.637. The number of rotatable bonds is 3. The summed E-state index contributed by atoms with van der Waals surface area (Å²) in [7, 11) is 0. The third-order valence-corrected chi connectivity index (χ3v) is 1.96. The number of allylic oxidation sites excluding steroid dienone is 1. The Kier molecular flexibility index (Phi) is 3.03. The molecule has 0 saturated carbocycles. The van der Waals surface area contributed by atoms with Gasteiger partial charge in [-0.2, -0.15) is 0 Å². The molecule has 1 N–H and O–H groups in total. The minimum Gasteiger partial charge on any atom is -0.392 e. The zero-order chi connectivity index (χ0) is 8.97. The van der Waals surface area contributed by atoms with E-state index in [1.807, 2.05) is 0 Å². The highest BCUT2D eigenvalue weighted by Crippen LogP contribution is 2.20. The number of aliphatic hydroxyl groups is 1. The zero-order valence-electron chi connectivity index (χ0n) is 6.86. The Morgan fingerprint density at radius 1 is 1.92 bits per heavy atom. The lowest BCUT2D eigenvalue weighted by Crippen LogP contribution is -2.16. The first-order valence-electron chi connectivity index (χ1n) is 3.97. The van der Waals surface area contributed by atoms with Gasteiger partial charge in [0, 0.05) is 12.3 Å². The molecule has 64 valence electrons. The van der Waals surface area contributed by atoms with Crippen LogP contribution in [0, 0.1) is 5.92 Å². The van der Waals surface area contributed by atoms with Crippen molar-refractivity contribution in [2.45, 2.75) is 18.9 Å². The van der Waals surface area contributed by atoms with Crippen LogP contribution < -0.4 is 0 Å². The molecule has 0 fully saturated rings. The minimum absolute atomic E-state index is 0.0119. The predicted octanol–water partition coefficient (Wildman–Crippen LogP) is 1.22. The van der Waals surface area contributed by atoms with Gasteiger partial charge in [0.2, 0.25) is 0 Å². The van der Waals surface area contributed by atoms with Crippen molar-refractivity contribution in [3.63, 3.8) is 0 Å². The molecule has 2 nitrogen and oxygen atoms in total. The summed E-state index contributed by atoms with van der Waals surface area (Å²) in [6, 6.07) is 0. The summed E-state index contributed by atoms with van der Waals surface area (Å²) in [6.45, 7) is 3.40. The van der Waals surface area contributed by atoms with E-state index in [9.17, 15) is 9.90 Å². The summed E-state index contributed by atoms with van der Waals surface area (Å²) in [5.74, 6) is 0.0868. The number of carbonyl (C=O) groups is 1. The summed E-state index contributed by atoms with van der Waals surface area (Å²) >= 11 is 0. The molecule has 0 radical (unpaired) electrons. The SMILES string of the molecule is C=C=CCC(O)C1C=CC(=O)C1. The van der Waals surface area contributed by atoms with E-state index in [4.69, 9.17) is 0 Å². The number of hydrogen-bond acceptors (Lipinski definition) is 2. The van der Waals surface area contributed by atoms with Gasteiger partial charge in [-0.15, -0.1) is 5.73 Å². The largest absolute Gasteiger partial charge is 0.392 e. The molecule has 0 heterocycles. The molecule has 2 heteroatoms. The summed E-state index contributed by atoms with van der Waals surface area (Å²) in [5, 5.41) is 9.50. The summed E-state index contributed by atoms with van der Waals surface area (Å²) in [5.41, 5.74) is 2.59. The molecule has 0 bridgehead atoms. The van der Waals surface area contributed by atoms with Gasteiger partial charge in [0.15, 0.2) is 5.78 Å². The molecule has 0 amide bonds. The van der Waals surface area contributed by atoms with Crippen molar-refractivity contribution in [3.05, 3.63) is 30.5 Å². The van der Waals surface area contributed by atoms with Gasteiger partial charge < -0.3 is 5.11 Å². The summed E-state index contributed by atoms with van der Waals surface area (Å²) in [6.07, 6.45) is 5.47. The van der Waals surface area contributed by atoms with Crippen LogP contribution in [0.3, 0.4) is 0 Å². The van der Waals surface area contributed by atoms with Crippen LogP contribution in [0.1, 0.15) is 12.8 Å². The first kappa shape index (κ1) is 8.98. The molecule has 0 spiro atoms. The maximum absolute atomic E-state index is 10.8. The number of hydrogen-bond donors (Lipinski definition) is 1.